The smallest absolute Gasteiger partial charge is 0.236 e. The molecule has 4 N–H and O–H groups in total. The summed E-state index contributed by atoms with van der Waals surface area (Å²) in [5.41, 5.74) is 6.54. The predicted octanol–water partition coefficient (Wildman–Crippen LogP) is 4.28. The van der Waals surface area contributed by atoms with Gasteiger partial charge >= 0.3 is 0 Å². The Morgan fingerprint density at radius 2 is 1.66 bits per heavy atom. The summed E-state index contributed by atoms with van der Waals surface area (Å²) < 4.78 is 0. The van der Waals surface area contributed by atoms with Crippen LogP contribution in [0, 0.1) is 40.4 Å². The number of amides is 1. The number of rotatable bonds is 3. The molecule has 0 spiro atoms. The van der Waals surface area contributed by atoms with Gasteiger partial charge in [-0.15, -0.1) is 12.4 Å². The summed E-state index contributed by atoms with van der Waals surface area (Å²) in [6.45, 7) is 8.85. The Bertz CT molecular complexity index is 612. The van der Waals surface area contributed by atoms with Gasteiger partial charge in [0.1, 0.15) is 0 Å². The van der Waals surface area contributed by atoms with E-state index in [1.165, 1.54) is 44.9 Å². The molecule has 4 nitrogen and oxygen atoms in total. The molecule has 168 valence electrons. The molecule has 4 fully saturated rings. The van der Waals surface area contributed by atoms with E-state index in [1.54, 1.807) is 6.92 Å². The van der Waals surface area contributed by atoms with Crippen LogP contribution in [0.2, 0.25) is 0 Å². The first-order valence-electron chi connectivity index (χ1n) is 11.9. The highest BCUT2D eigenvalue weighted by Crippen LogP contribution is 2.67. The molecule has 0 radical (unpaired) electrons. The highest BCUT2D eigenvalue weighted by molar-refractivity contribution is 5.85. The van der Waals surface area contributed by atoms with Crippen LogP contribution in [0.4, 0.5) is 0 Å². The summed E-state index contributed by atoms with van der Waals surface area (Å²) >= 11 is 0. The molecule has 4 aliphatic rings. The lowest BCUT2D eigenvalue weighted by molar-refractivity contribution is -0.130. The second-order valence-electron chi connectivity index (χ2n) is 11.4. The van der Waals surface area contributed by atoms with Gasteiger partial charge in [0.25, 0.3) is 0 Å². The zero-order chi connectivity index (χ0) is 20.3. The van der Waals surface area contributed by atoms with Crippen molar-refractivity contribution in [3.63, 3.8) is 0 Å². The maximum atomic E-state index is 12.1. The van der Waals surface area contributed by atoms with Gasteiger partial charge in [-0.1, -0.05) is 13.8 Å². The van der Waals surface area contributed by atoms with Crippen molar-refractivity contribution in [1.29, 1.82) is 0 Å². The van der Waals surface area contributed by atoms with E-state index in [4.69, 9.17) is 5.73 Å². The van der Waals surface area contributed by atoms with Gasteiger partial charge < -0.3 is 16.2 Å². The molecule has 5 heteroatoms. The van der Waals surface area contributed by atoms with Crippen molar-refractivity contribution >= 4 is 18.3 Å². The maximum Gasteiger partial charge on any atom is 0.236 e. The number of halogens is 1. The molecule has 0 heterocycles. The first kappa shape index (κ1) is 23.3. The number of carbonyl (C=O) groups excluding carboxylic acids is 1. The number of hydrogen-bond acceptors (Lipinski definition) is 3. The third kappa shape index (κ3) is 3.76. The zero-order valence-electron chi connectivity index (χ0n) is 18.8. The third-order valence-corrected chi connectivity index (χ3v) is 10.1. The number of nitrogens with two attached hydrogens (primary N) is 1. The molecule has 0 aromatic rings. The van der Waals surface area contributed by atoms with E-state index in [2.05, 4.69) is 19.2 Å². The van der Waals surface area contributed by atoms with Crippen molar-refractivity contribution in [3.05, 3.63) is 0 Å². The van der Waals surface area contributed by atoms with Crippen molar-refractivity contribution in [2.75, 3.05) is 0 Å². The molecule has 4 saturated carbocycles. The largest absolute Gasteiger partial charge is 0.393 e. The normalized spacial score (nSPS) is 48.3. The number of nitrogens with one attached hydrogen (secondary N) is 1. The topological polar surface area (TPSA) is 75.4 Å². The molecule has 4 unspecified atom stereocenters. The summed E-state index contributed by atoms with van der Waals surface area (Å²) in [4.78, 5) is 12.1. The van der Waals surface area contributed by atoms with Crippen LogP contribution in [0.15, 0.2) is 0 Å². The summed E-state index contributed by atoms with van der Waals surface area (Å²) in [7, 11) is 0. The average molecular weight is 427 g/mol. The molecule has 0 aliphatic heterocycles. The summed E-state index contributed by atoms with van der Waals surface area (Å²) in [5.74, 6) is 3.72. The Morgan fingerprint density at radius 3 is 2.31 bits per heavy atom. The van der Waals surface area contributed by atoms with Crippen LogP contribution in [0.5, 0.6) is 0 Å². The van der Waals surface area contributed by atoms with E-state index in [9.17, 15) is 9.90 Å². The van der Waals surface area contributed by atoms with Gasteiger partial charge in [-0.25, -0.2) is 0 Å². The maximum absolute atomic E-state index is 12.1. The Balaban J connectivity index is 0.00000240. The lowest BCUT2D eigenvalue weighted by Crippen LogP contribution is -2.56. The highest BCUT2D eigenvalue weighted by Gasteiger charge is 2.60. The quantitative estimate of drug-likeness (QED) is 0.630. The summed E-state index contributed by atoms with van der Waals surface area (Å²) in [6.07, 6.45) is 11.2. The van der Waals surface area contributed by atoms with Crippen LogP contribution >= 0.6 is 12.4 Å². The Kier molecular flexibility index (Phi) is 6.69. The molecule has 29 heavy (non-hydrogen) atoms. The molecular weight excluding hydrogens is 384 g/mol. The van der Waals surface area contributed by atoms with Crippen molar-refractivity contribution in [2.24, 2.45) is 46.2 Å². The fourth-order valence-corrected chi connectivity index (χ4v) is 8.55. The van der Waals surface area contributed by atoms with E-state index < -0.39 is 6.04 Å². The monoisotopic (exact) mass is 426 g/mol. The second-order valence-corrected chi connectivity index (χ2v) is 11.4. The van der Waals surface area contributed by atoms with E-state index in [0.717, 1.165) is 36.5 Å². The Morgan fingerprint density at radius 1 is 1.00 bits per heavy atom. The van der Waals surface area contributed by atoms with Crippen molar-refractivity contribution in [1.82, 2.24) is 5.32 Å². The van der Waals surface area contributed by atoms with Gasteiger partial charge in [0.05, 0.1) is 12.1 Å². The van der Waals surface area contributed by atoms with E-state index in [-0.39, 0.29) is 24.4 Å². The predicted molar refractivity (Wildman–Crippen MR) is 120 cm³/mol. The Labute approximate surface area is 183 Å². The Hall–Kier alpha value is -0.320. The molecule has 4 rings (SSSR count). The lowest BCUT2D eigenvalue weighted by Gasteiger charge is -2.61. The van der Waals surface area contributed by atoms with Crippen molar-refractivity contribution in [2.45, 2.75) is 104 Å². The van der Waals surface area contributed by atoms with Crippen LogP contribution in [-0.4, -0.2) is 29.2 Å². The average Bonchev–Trinajstić information content (AvgIpc) is 2.99. The minimum absolute atomic E-state index is 0. The van der Waals surface area contributed by atoms with Crippen molar-refractivity contribution < 1.29 is 9.90 Å². The van der Waals surface area contributed by atoms with E-state index >= 15 is 0 Å². The van der Waals surface area contributed by atoms with Crippen LogP contribution < -0.4 is 11.1 Å². The van der Waals surface area contributed by atoms with Gasteiger partial charge in [-0.3, -0.25) is 4.79 Å². The zero-order valence-corrected chi connectivity index (χ0v) is 19.6. The van der Waals surface area contributed by atoms with Crippen LogP contribution in [0.25, 0.3) is 0 Å². The number of aliphatic hydroxyl groups is 1. The van der Waals surface area contributed by atoms with Crippen LogP contribution in [0.3, 0.4) is 0 Å². The number of carbonyl (C=O) groups is 1. The summed E-state index contributed by atoms with van der Waals surface area (Å²) in [6, 6.07) is -0.0997. The van der Waals surface area contributed by atoms with Crippen molar-refractivity contribution in [3.8, 4) is 0 Å². The molecule has 0 aromatic carbocycles. The fraction of sp³-hybridized carbons (Fsp3) is 0.958. The van der Waals surface area contributed by atoms with Gasteiger partial charge in [0, 0.05) is 6.04 Å². The minimum Gasteiger partial charge on any atom is -0.393 e. The standard InChI is InChI=1S/C24H42N2O2.ClH/c1-14(25)22(28)26-17-9-11-23(3)16(13-17)5-6-18-20-8-7-19(15(2)27)24(20,4)12-10-21(18)23;/h14-21,27H,5-13,25H2,1-4H3,(H,26,28);1H/t14?,15-,16-,17+,18?,19+,20?,21?,23-,24+;/m0./s1. The first-order chi connectivity index (χ1) is 13.2. The number of fused-ring (bicyclic) bond motifs is 5. The van der Waals surface area contributed by atoms with Gasteiger partial charge in [-0.05, 0) is 112 Å². The third-order valence-electron chi connectivity index (χ3n) is 10.1. The van der Waals surface area contributed by atoms with Gasteiger partial charge in [0.2, 0.25) is 5.91 Å². The van der Waals surface area contributed by atoms with Crippen LogP contribution in [0.1, 0.15) is 85.5 Å². The van der Waals surface area contributed by atoms with Gasteiger partial charge in [0.15, 0.2) is 0 Å². The lowest BCUT2D eigenvalue weighted by atomic mass is 9.44. The fourth-order valence-electron chi connectivity index (χ4n) is 8.55. The van der Waals surface area contributed by atoms with Gasteiger partial charge in [-0.2, -0.15) is 0 Å². The number of aliphatic hydroxyl groups excluding tert-OH is 1. The molecule has 10 atom stereocenters. The first-order valence-corrected chi connectivity index (χ1v) is 11.9. The van der Waals surface area contributed by atoms with Crippen LogP contribution in [-0.2, 0) is 4.79 Å². The van der Waals surface area contributed by atoms with E-state index in [1.807, 2.05) is 6.92 Å². The minimum atomic E-state index is -0.413. The molecule has 1 amide bonds. The number of hydrogen-bond donors (Lipinski definition) is 3. The molecule has 4 aliphatic carbocycles. The molecule has 0 saturated heterocycles. The molecular formula is C24H43ClN2O2. The highest BCUT2D eigenvalue weighted by atomic mass is 35.5. The van der Waals surface area contributed by atoms with E-state index in [0.29, 0.717) is 22.8 Å². The molecule has 0 bridgehead atoms. The SMILES string of the molecule is CC(N)C(=O)N[C@@H]1CC[C@]2(C)C3CC[C@@]4(C)C(CC[C@@H]4[C@H](C)O)C3CC[C@H]2C1.Cl. The molecule has 0 aromatic heterocycles. The summed E-state index contributed by atoms with van der Waals surface area (Å²) in [5, 5.41) is 13.6. The second kappa shape index (κ2) is 8.31.